The fourth-order valence-corrected chi connectivity index (χ4v) is 2.88. The van der Waals surface area contributed by atoms with Crippen molar-refractivity contribution in [2.75, 3.05) is 13.1 Å². The Kier molecular flexibility index (Phi) is 5.32. The predicted molar refractivity (Wildman–Crippen MR) is 84.5 cm³/mol. The molecule has 0 saturated carbocycles. The molecule has 140 valence electrons. The molecule has 0 bridgehead atoms. The lowest BCUT2D eigenvalue weighted by Gasteiger charge is -2.37. The molecule has 0 aromatic heterocycles. The van der Waals surface area contributed by atoms with Crippen molar-refractivity contribution < 1.29 is 27.1 Å². The fraction of sp³-hybridized carbons (Fsp3) is 0.588. The summed E-state index contributed by atoms with van der Waals surface area (Å²) in [5.41, 5.74) is 4.57. The van der Waals surface area contributed by atoms with Gasteiger partial charge >= 0.3 is 12.3 Å². The van der Waals surface area contributed by atoms with Crippen LogP contribution in [0.4, 0.5) is 22.4 Å². The van der Waals surface area contributed by atoms with Crippen molar-refractivity contribution in [3.63, 3.8) is 0 Å². The van der Waals surface area contributed by atoms with Crippen molar-refractivity contribution in [1.29, 1.82) is 0 Å². The first-order chi connectivity index (χ1) is 11.4. The van der Waals surface area contributed by atoms with Crippen LogP contribution in [0.2, 0.25) is 0 Å². The van der Waals surface area contributed by atoms with Gasteiger partial charge in [-0.25, -0.2) is 9.18 Å². The van der Waals surface area contributed by atoms with E-state index < -0.39 is 41.2 Å². The lowest BCUT2D eigenvalue weighted by molar-refractivity contribution is -0.137. The highest BCUT2D eigenvalue weighted by atomic mass is 19.4. The zero-order valence-electron chi connectivity index (χ0n) is 14.4. The third kappa shape index (κ3) is 5.07. The van der Waals surface area contributed by atoms with Crippen molar-refractivity contribution in [2.45, 2.75) is 50.9 Å². The summed E-state index contributed by atoms with van der Waals surface area (Å²) in [5, 5.41) is 0. The Labute approximate surface area is 143 Å². The van der Waals surface area contributed by atoms with Gasteiger partial charge in [-0.3, -0.25) is 0 Å². The summed E-state index contributed by atoms with van der Waals surface area (Å²) in [6.45, 7) is 5.64. The third-order valence-electron chi connectivity index (χ3n) is 3.99. The molecule has 1 fully saturated rings. The molecule has 0 aliphatic carbocycles. The van der Waals surface area contributed by atoms with Gasteiger partial charge in [0.2, 0.25) is 0 Å². The van der Waals surface area contributed by atoms with Crippen LogP contribution in [0, 0.1) is 5.82 Å². The van der Waals surface area contributed by atoms with E-state index in [2.05, 4.69) is 0 Å². The zero-order chi connectivity index (χ0) is 19.0. The lowest BCUT2D eigenvalue weighted by atomic mass is 9.85. The number of rotatable bonds is 1. The lowest BCUT2D eigenvalue weighted by Crippen LogP contribution is -2.50. The van der Waals surface area contributed by atoms with Gasteiger partial charge in [-0.1, -0.05) is 0 Å². The first-order valence-electron chi connectivity index (χ1n) is 7.98. The molecule has 1 aromatic carbocycles. The monoisotopic (exact) mass is 362 g/mol. The molecular formula is C17H22F4N2O2. The van der Waals surface area contributed by atoms with E-state index in [0.29, 0.717) is 12.5 Å². The smallest absolute Gasteiger partial charge is 0.416 e. The highest BCUT2D eigenvalue weighted by Gasteiger charge is 2.35. The van der Waals surface area contributed by atoms with Crippen LogP contribution in [0.1, 0.15) is 44.2 Å². The van der Waals surface area contributed by atoms with Gasteiger partial charge in [0.05, 0.1) is 5.56 Å². The average Bonchev–Trinajstić information content (AvgIpc) is 2.43. The fourth-order valence-electron chi connectivity index (χ4n) is 2.88. The summed E-state index contributed by atoms with van der Waals surface area (Å²) < 4.78 is 57.5. The van der Waals surface area contributed by atoms with Crippen LogP contribution in [0.3, 0.4) is 0 Å². The molecule has 1 aromatic rings. The Morgan fingerprint density at radius 3 is 2.40 bits per heavy atom. The second-order valence-corrected chi connectivity index (χ2v) is 7.26. The molecule has 8 heteroatoms. The normalized spacial score (nSPS) is 22.0. The molecule has 2 unspecified atom stereocenters. The van der Waals surface area contributed by atoms with Crippen LogP contribution >= 0.6 is 0 Å². The molecule has 1 aliphatic heterocycles. The number of hydrogen-bond acceptors (Lipinski definition) is 3. The van der Waals surface area contributed by atoms with Crippen molar-refractivity contribution in [1.82, 2.24) is 4.90 Å². The van der Waals surface area contributed by atoms with Crippen molar-refractivity contribution >= 4 is 6.09 Å². The van der Waals surface area contributed by atoms with Gasteiger partial charge < -0.3 is 15.4 Å². The number of nitrogens with zero attached hydrogens (tertiary/aromatic N) is 1. The summed E-state index contributed by atoms with van der Waals surface area (Å²) in [5.74, 6) is -1.41. The second-order valence-electron chi connectivity index (χ2n) is 7.26. The van der Waals surface area contributed by atoms with Gasteiger partial charge in [0.1, 0.15) is 11.4 Å². The number of carbonyl (C=O) groups is 1. The molecule has 1 heterocycles. The molecule has 4 nitrogen and oxygen atoms in total. The second kappa shape index (κ2) is 6.82. The van der Waals surface area contributed by atoms with E-state index in [4.69, 9.17) is 10.5 Å². The largest absolute Gasteiger partial charge is 0.444 e. The van der Waals surface area contributed by atoms with E-state index >= 15 is 0 Å². The van der Waals surface area contributed by atoms with E-state index in [1.807, 2.05) is 0 Å². The van der Waals surface area contributed by atoms with Crippen molar-refractivity contribution in [2.24, 2.45) is 5.73 Å². The van der Waals surface area contributed by atoms with Crippen LogP contribution in [0.15, 0.2) is 18.2 Å². The first kappa shape index (κ1) is 19.5. The molecule has 0 spiro atoms. The molecule has 0 radical (unpaired) electrons. The molecule has 2 N–H and O–H groups in total. The molecule has 2 rings (SSSR count). The van der Waals surface area contributed by atoms with E-state index in [-0.39, 0.29) is 18.7 Å². The number of alkyl halides is 3. The number of nitrogens with two attached hydrogens (primary N) is 1. The minimum absolute atomic E-state index is 0.136. The van der Waals surface area contributed by atoms with Crippen LogP contribution < -0.4 is 5.73 Å². The molecule has 25 heavy (non-hydrogen) atoms. The van der Waals surface area contributed by atoms with Gasteiger partial charge in [0.15, 0.2) is 0 Å². The number of likely N-dealkylation sites (tertiary alicyclic amines) is 1. The third-order valence-corrected chi connectivity index (χ3v) is 3.99. The van der Waals surface area contributed by atoms with Gasteiger partial charge in [0, 0.05) is 25.0 Å². The molecule has 1 aliphatic rings. The van der Waals surface area contributed by atoms with E-state index in [9.17, 15) is 22.4 Å². The van der Waals surface area contributed by atoms with E-state index in [0.717, 1.165) is 12.1 Å². The molecular weight excluding hydrogens is 340 g/mol. The van der Waals surface area contributed by atoms with Crippen molar-refractivity contribution in [3.05, 3.63) is 35.1 Å². The SMILES string of the molecule is CC(C)(C)OC(=O)N1CCC(c2cc(F)cc(C(F)(F)F)c2)C(N)C1. The number of benzene rings is 1. The summed E-state index contributed by atoms with van der Waals surface area (Å²) >= 11 is 0. The maximum atomic E-state index is 13.6. The first-order valence-corrected chi connectivity index (χ1v) is 7.98. The molecule has 1 amide bonds. The quantitative estimate of drug-likeness (QED) is 0.771. The molecule has 1 saturated heterocycles. The van der Waals surface area contributed by atoms with Crippen LogP contribution in [-0.2, 0) is 10.9 Å². The average molecular weight is 362 g/mol. The number of halogens is 4. The Morgan fingerprint density at radius 1 is 1.24 bits per heavy atom. The number of piperidine rings is 1. The number of amides is 1. The summed E-state index contributed by atoms with van der Waals surface area (Å²) in [4.78, 5) is 13.5. The van der Waals surface area contributed by atoms with Gasteiger partial charge in [-0.15, -0.1) is 0 Å². The molecule has 2 atom stereocenters. The minimum Gasteiger partial charge on any atom is -0.444 e. The Bertz CT molecular complexity index is 641. The predicted octanol–water partition coefficient (Wildman–Crippen LogP) is 3.90. The van der Waals surface area contributed by atoms with Gasteiger partial charge in [-0.05, 0) is 51.0 Å². The summed E-state index contributed by atoms with van der Waals surface area (Å²) in [7, 11) is 0. The maximum Gasteiger partial charge on any atom is 0.416 e. The Balaban J connectivity index is 2.14. The van der Waals surface area contributed by atoms with Crippen LogP contribution in [0.25, 0.3) is 0 Å². The summed E-state index contributed by atoms with van der Waals surface area (Å²) in [6, 6.07) is 1.86. The standard InChI is InChI=1S/C17H22F4N2O2/c1-16(2,3)25-15(24)23-5-4-13(14(22)9-23)10-6-11(17(19,20)21)8-12(18)7-10/h6-8,13-14H,4-5,9,22H2,1-3H3. The highest BCUT2D eigenvalue weighted by molar-refractivity contribution is 5.68. The van der Waals surface area contributed by atoms with E-state index in [1.54, 1.807) is 20.8 Å². The maximum absolute atomic E-state index is 13.6. The zero-order valence-corrected chi connectivity index (χ0v) is 14.4. The van der Waals surface area contributed by atoms with E-state index in [1.165, 1.54) is 4.90 Å². The Hall–Kier alpha value is -1.83. The van der Waals surface area contributed by atoms with Gasteiger partial charge in [0.25, 0.3) is 0 Å². The van der Waals surface area contributed by atoms with Gasteiger partial charge in [-0.2, -0.15) is 13.2 Å². The topological polar surface area (TPSA) is 55.6 Å². The van der Waals surface area contributed by atoms with Crippen molar-refractivity contribution in [3.8, 4) is 0 Å². The number of ether oxygens (including phenoxy) is 1. The Morgan fingerprint density at radius 2 is 1.88 bits per heavy atom. The highest BCUT2D eigenvalue weighted by Crippen LogP contribution is 2.35. The number of carbonyl (C=O) groups excluding carboxylic acids is 1. The van der Waals surface area contributed by atoms with Crippen LogP contribution in [0.5, 0.6) is 0 Å². The summed E-state index contributed by atoms with van der Waals surface area (Å²) in [6.07, 6.45) is -4.81. The number of hydrogen-bond donors (Lipinski definition) is 1. The minimum atomic E-state index is -4.63. The van der Waals surface area contributed by atoms with Crippen LogP contribution in [-0.4, -0.2) is 35.7 Å².